The van der Waals surface area contributed by atoms with Gasteiger partial charge < -0.3 is 10.2 Å². The first-order valence-electron chi connectivity index (χ1n) is 9.54. The first-order chi connectivity index (χ1) is 12.6. The minimum Gasteiger partial charge on any atom is -0.356 e. The second-order valence-corrected chi connectivity index (χ2v) is 7.11. The lowest BCUT2D eigenvalue weighted by molar-refractivity contribution is -0.122. The van der Waals surface area contributed by atoms with Crippen LogP contribution in [0.25, 0.3) is 0 Å². The predicted octanol–water partition coefficient (Wildman–Crippen LogP) is 2.49. The molecule has 1 aliphatic rings. The highest BCUT2D eigenvalue weighted by molar-refractivity contribution is 5.75. The summed E-state index contributed by atoms with van der Waals surface area (Å²) >= 11 is 0. The van der Waals surface area contributed by atoms with E-state index in [4.69, 9.17) is 0 Å². The van der Waals surface area contributed by atoms with Gasteiger partial charge in [-0.15, -0.1) is 0 Å². The third kappa shape index (κ3) is 4.23. The van der Waals surface area contributed by atoms with Crippen LogP contribution in [0.1, 0.15) is 36.7 Å². The monoisotopic (exact) mass is 355 g/mol. The van der Waals surface area contributed by atoms with Crippen LogP contribution in [0.2, 0.25) is 0 Å². The average Bonchev–Trinajstić information content (AvgIpc) is 2.93. The smallest absolute Gasteiger partial charge is 0.241 e. The van der Waals surface area contributed by atoms with Crippen LogP contribution in [0, 0.1) is 19.8 Å². The van der Waals surface area contributed by atoms with Gasteiger partial charge in [-0.3, -0.25) is 9.48 Å². The van der Waals surface area contributed by atoms with Crippen LogP contribution in [0.15, 0.2) is 24.4 Å². The molecule has 0 saturated carbocycles. The van der Waals surface area contributed by atoms with Gasteiger partial charge in [-0.05, 0) is 56.7 Å². The molecule has 1 atom stereocenters. The number of nitrogens with one attached hydrogen (secondary N) is 1. The number of nitrogens with zero attached hydrogens (tertiary/aromatic N) is 4. The molecule has 1 aliphatic heterocycles. The molecule has 0 radical (unpaired) electrons. The summed E-state index contributed by atoms with van der Waals surface area (Å²) in [4.78, 5) is 19.1. The van der Waals surface area contributed by atoms with Gasteiger partial charge in [0, 0.05) is 31.5 Å². The number of piperidine rings is 1. The molecule has 3 heterocycles. The third-order valence-electron chi connectivity index (χ3n) is 5.26. The maximum Gasteiger partial charge on any atom is 0.241 e. The Balaban J connectivity index is 1.51. The van der Waals surface area contributed by atoms with Crippen LogP contribution in [-0.4, -0.2) is 40.3 Å². The van der Waals surface area contributed by atoms with Crippen molar-refractivity contribution in [3.05, 3.63) is 41.3 Å². The zero-order valence-corrected chi connectivity index (χ0v) is 16.0. The zero-order chi connectivity index (χ0) is 18.5. The molecule has 26 heavy (non-hydrogen) atoms. The Bertz CT molecular complexity index is 740. The number of carbonyl (C=O) groups excluding carboxylic acids is 1. The first-order valence-corrected chi connectivity index (χ1v) is 9.54. The van der Waals surface area contributed by atoms with Crippen LogP contribution in [0.3, 0.4) is 0 Å². The molecule has 3 rings (SSSR count). The Morgan fingerprint density at radius 3 is 2.88 bits per heavy atom. The Labute approximate surface area is 155 Å². The lowest BCUT2D eigenvalue weighted by Crippen LogP contribution is -2.42. The van der Waals surface area contributed by atoms with Gasteiger partial charge >= 0.3 is 0 Å². The van der Waals surface area contributed by atoms with Crippen molar-refractivity contribution in [3.63, 3.8) is 0 Å². The number of aromatic nitrogens is 3. The van der Waals surface area contributed by atoms with Crippen molar-refractivity contribution in [3.8, 4) is 0 Å². The van der Waals surface area contributed by atoms with E-state index in [2.05, 4.69) is 33.3 Å². The minimum atomic E-state index is 0.0354. The normalized spacial score (nSPS) is 17.3. The molecule has 6 heteroatoms. The van der Waals surface area contributed by atoms with E-state index in [9.17, 15) is 4.79 Å². The van der Waals surface area contributed by atoms with Crippen molar-refractivity contribution in [1.29, 1.82) is 0 Å². The van der Waals surface area contributed by atoms with Crippen LogP contribution in [0.5, 0.6) is 0 Å². The molecule has 6 nitrogen and oxygen atoms in total. The fourth-order valence-electron chi connectivity index (χ4n) is 3.83. The van der Waals surface area contributed by atoms with Gasteiger partial charge in [0.05, 0.1) is 5.69 Å². The highest BCUT2D eigenvalue weighted by Gasteiger charge is 2.21. The second-order valence-electron chi connectivity index (χ2n) is 7.11. The molecule has 0 aliphatic carbocycles. The molecule has 0 spiro atoms. The first kappa shape index (κ1) is 18.4. The van der Waals surface area contributed by atoms with E-state index in [0.29, 0.717) is 19.0 Å². The van der Waals surface area contributed by atoms with Crippen molar-refractivity contribution >= 4 is 11.7 Å². The molecule has 1 unspecified atom stereocenters. The van der Waals surface area contributed by atoms with Crippen molar-refractivity contribution in [2.45, 2.75) is 46.6 Å². The van der Waals surface area contributed by atoms with Gasteiger partial charge in [0.15, 0.2) is 0 Å². The SMILES string of the molecule is CCc1c(C)nn(CC(=O)NCC2CCCN(c3ccccn3)C2)c1C. The van der Waals surface area contributed by atoms with Crippen molar-refractivity contribution in [2.24, 2.45) is 5.92 Å². The molecule has 1 fully saturated rings. The van der Waals surface area contributed by atoms with Gasteiger partial charge in [-0.1, -0.05) is 13.0 Å². The molecule has 0 aromatic carbocycles. The maximum atomic E-state index is 12.4. The highest BCUT2D eigenvalue weighted by atomic mass is 16.2. The number of carbonyl (C=O) groups is 1. The number of hydrogen-bond donors (Lipinski definition) is 1. The lowest BCUT2D eigenvalue weighted by Gasteiger charge is -2.33. The summed E-state index contributed by atoms with van der Waals surface area (Å²) in [6.45, 7) is 9.15. The van der Waals surface area contributed by atoms with Gasteiger partial charge in [-0.2, -0.15) is 5.10 Å². The van der Waals surface area contributed by atoms with E-state index in [1.54, 1.807) is 0 Å². The standard InChI is InChI=1S/C20H29N5O/c1-4-18-15(2)23-25(16(18)3)14-20(26)22-12-17-8-7-11-24(13-17)19-9-5-6-10-21-19/h5-6,9-10,17H,4,7-8,11-14H2,1-3H3,(H,22,26). The molecular formula is C20H29N5O. The van der Waals surface area contributed by atoms with Gasteiger partial charge in [0.1, 0.15) is 12.4 Å². The summed E-state index contributed by atoms with van der Waals surface area (Å²) in [6, 6.07) is 6.01. The molecule has 1 N–H and O–H groups in total. The summed E-state index contributed by atoms with van der Waals surface area (Å²) in [5.74, 6) is 1.52. The topological polar surface area (TPSA) is 63.1 Å². The van der Waals surface area contributed by atoms with Crippen molar-refractivity contribution < 1.29 is 4.79 Å². The van der Waals surface area contributed by atoms with Crippen LogP contribution in [0.4, 0.5) is 5.82 Å². The molecule has 2 aromatic heterocycles. The van der Waals surface area contributed by atoms with Crippen molar-refractivity contribution in [1.82, 2.24) is 20.1 Å². The van der Waals surface area contributed by atoms with Crippen LogP contribution >= 0.6 is 0 Å². The Morgan fingerprint density at radius 2 is 2.19 bits per heavy atom. The maximum absolute atomic E-state index is 12.4. The number of rotatable bonds is 6. The molecule has 1 amide bonds. The largest absolute Gasteiger partial charge is 0.356 e. The van der Waals surface area contributed by atoms with Gasteiger partial charge in [-0.25, -0.2) is 4.98 Å². The summed E-state index contributed by atoms with van der Waals surface area (Å²) in [7, 11) is 0. The van der Waals surface area contributed by atoms with Crippen LogP contribution in [-0.2, 0) is 17.8 Å². The predicted molar refractivity (Wildman–Crippen MR) is 103 cm³/mol. The van der Waals surface area contributed by atoms with E-state index in [-0.39, 0.29) is 5.91 Å². The van der Waals surface area contributed by atoms with Gasteiger partial charge in [0.2, 0.25) is 5.91 Å². The number of amides is 1. The van der Waals surface area contributed by atoms with E-state index >= 15 is 0 Å². The zero-order valence-electron chi connectivity index (χ0n) is 16.0. The highest BCUT2D eigenvalue weighted by Crippen LogP contribution is 2.20. The number of aryl methyl sites for hydroxylation is 1. The summed E-state index contributed by atoms with van der Waals surface area (Å²) < 4.78 is 1.82. The molecule has 2 aromatic rings. The number of hydrogen-bond acceptors (Lipinski definition) is 4. The molecular weight excluding hydrogens is 326 g/mol. The summed E-state index contributed by atoms with van der Waals surface area (Å²) in [5, 5.41) is 7.61. The van der Waals surface area contributed by atoms with Crippen LogP contribution < -0.4 is 10.2 Å². The Morgan fingerprint density at radius 1 is 1.35 bits per heavy atom. The number of pyridine rings is 1. The molecule has 0 bridgehead atoms. The van der Waals surface area contributed by atoms with Crippen molar-refractivity contribution in [2.75, 3.05) is 24.5 Å². The minimum absolute atomic E-state index is 0.0354. The molecule has 1 saturated heterocycles. The van der Waals surface area contributed by atoms with Gasteiger partial charge in [0.25, 0.3) is 0 Å². The van der Waals surface area contributed by atoms with E-state index in [1.807, 2.05) is 36.9 Å². The summed E-state index contributed by atoms with van der Waals surface area (Å²) in [6.07, 6.45) is 5.06. The number of anilines is 1. The average molecular weight is 355 g/mol. The Hall–Kier alpha value is -2.37. The summed E-state index contributed by atoms with van der Waals surface area (Å²) in [5.41, 5.74) is 3.37. The Kier molecular flexibility index (Phi) is 5.91. The van der Waals surface area contributed by atoms with E-state index in [1.165, 1.54) is 5.56 Å². The fraction of sp³-hybridized carbons (Fsp3) is 0.550. The van der Waals surface area contributed by atoms with E-state index < -0.39 is 0 Å². The lowest BCUT2D eigenvalue weighted by atomic mass is 9.98. The van der Waals surface area contributed by atoms with E-state index in [0.717, 1.165) is 49.6 Å². The quantitative estimate of drug-likeness (QED) is 0.865. The fourth-order valence-corrected chi connectivity index (χ4v) is 3.83. The third-order valence-corrected chi connectivity index (χ3v) is 5.26. The second kappa shape index (κ2) is 8.34. The molecule has 140 valence electrons.